The van der Waals surface area contributed by atoms with Crippen LogP contribution in [0.2, 0.25) is 0 Å². The smallest absolute Gasteiger partial charge is 0.351 e. The molecule has 0 aromatic carbocycles. The maximum absolute atomic E-state index is 14.3. The molecule has 5 unspecified atom stereocenters. The van der Waals surface area contributed by atoms with E-state index in [0.717, 1.165) is 4.57 Å². The Morgan fingerprint density at radius 3 is 2.53 bits per heavy atom. The maximum Gasteiger partial charge on any atom is 0.351 e. The van der Waals surface area contributed by atoms with Gasteiger partial charge < -0.3 is 19.8 Å². The van der Waals surface area contributed by atoms with E-state index in [1.165, 1.54) is 19.2 Å². The summed E-state index contributed by atoms with van der Waals surface area (Å²) in [6.45, 7) is 10.5. The molecule has 1 saturated heterocycles. The average molecular weight is 429 g/mol. The Hall–Kier alpha value is -2.04. The second-order valence-electron chi connectivity index (χ2n) is 9.66. The molecule has 0 saturated carbocycles. The third kappa shape index (κ3) is 5.55. The Morgan fingerprint density at radius 2 is 2.00 bits per heavy atom. The molecule has 2 heterocycles. The van der Waals surface area contributed by atoms with Crippen molar-refractivity contribution in [3.8, 4) is 0 Å². The minimum absolute atomic E-state index is 0.00941. The molecule has 1 aliphatic rings. The number of hydrogen-bond acceptors (Lipinski definition) is 8. The summed E-state index contributed by atoms with van der Waals surface area (Å²) in [6.07, 6.45) is -3.46. The van der Waals surface area contributed by atoms with Crippen molar-refractivity contribution in [3.05, 3.63) is 22.7 Å². The van der Waals surface area contributed by atoms with Crippen LogP contribution in [0, 0.1) is 16.7 Å². The third-order valence-electron chi connectivity index (χ3n) is 5.03. The van der Waals surface area contributed by atoms with E-state index < -0.39 is 54.2 Å². The highest BCUT2D eigenvalue weighted by molar-refractivity contribution is 5.76. The first kappa shape index (κ1) is 24.2. The van der Waals surface area contributed by atoms with Crippen LogP contribution in [0.5, 0.6) is 0 Å². The molecule has 9 nitrogen and oxygen atoms in total. The summed E-state index contributed by atoms with van der Waals surface area (Å²) in [4.78, 5) is 33.7. The van der Waals surface area contributed by atoms with Crippen LogP contribution >= 0.6 is 0 Å². The molecule has 1 aromatic heterocycles. The van der Waals surface area contributed by atoms with Gasteiger partial charge in [0.1, 0.15) is 24.6 Å². The SMILES string of the molecule is CC1C(F)C(O)C(CO)OC1n1ccc(NOC(=O)C(C)(C)CC(C)(C)C)nc1=O. The number of alkyl halides is 1. The van der Waals surface area contributed by atoms with Crippen molar-refractivity contribution in [1.82, 2.24) is 9.55 Å². The average Bonchev–Trinajstić information content (AvgIpc) is 2.63. The number of aromatic nitrogens is 2. The summed E-state index contributed by atoms with van der Waals surface area (Å²) in [5.74, 6) is -1.33. The Labute approximate surface area is 175 Å². The Morgan fingerprint density at radius 1 is 1.37 bits per heavy atom. The minimum Gasteiger partial charge on any atom is -0.394 e. The number of aliphatic hydroxyl groups excluding tert-OH is 2. The van der Waals surface area contributed by atoms with E-state index in [-0.39, 0.29) is 11.2 Å². The lowest BCUT2D eigenvalue weighted by atomic mass is 9.76. The number of ether oxygens (including phenoxy) is 1. The van der Waals surface area contributed by atoms with Gasteiger partial charge in [-0.15, -0.1) is 0 Å². The second kappa shape index (κ2) is 8.99. The highest BCUT2D eigenvalue weighted by Gasteiger charge is 2.44. The lowest BCUT2D eigenvalue weighted by Crippen LogP contribution is -2.52. The standard InChI is InChI=1S/C20H32FN3O6/c1-11-14(21)15(26)12(9-25)29-16(11)24-8-7-13(22-18(24)28)23-30-17(27)20(5,6)10-19(2,3)4/h7-8,11-12,14-16,25-26H,9-10H2,1-6H3,(H,22,23,28). The number of carbonyl (C=O) groups excluding carboxylic acids is 1. The number of hydrogen-bond donors (Lipinski definition) is 3. The summed E-state index contributed by atoms with van der Waals surface area (Å²) in [7, 11) is 0. The molecule has 1 aromatic rings. The van der Waals surface area contributed by atoms with Crippen LogP contribution in [-0.2, 0) is 14.4 Å². The number of carbonyl (C=O) groups is 1. The van der Waals surface area contributed by atoms with Crippen LogP contribution in [0.4, 0.5) is 10.2 Å². The minimum atomic E-state index is -1.68. The van der Waals surface area contributed by atoms with Crippen LogP contribution < -0.4 is 11.2 Å². The van der Waals surface area contributed by atoms with Gasteiger partial charge in [0, 0.05) is 18.2 Å². The molecule has 5 atom stereocenters. The van der Waals surface area contributed by atoms with E-state index in [9.17, 15) is 24.2 Å². The lowest BCUT2D eigenvalue weighted by molar-refractivity contribution is -0.213. The van der Waals surface area contributed by atoms with Crippen molar-refractivity contribution >= 4 is 11.8 Å². The van der Waals surface area contributed by atoms with Crippen LogP contribution in [0.25, 0.3) is 0 Å². The molecule has 0 spiro atoms. The summed E-state index contributed by atoms with van der Waals surface area (Å²) in [5, 5.41) is 19.1. The predicted molar refractivity (Wildman–Crippen MR) is 107 cm³/mol. The van der Waals surface area contributed by atoms with Gasteiger partial charge in [0.15, 0.2) is 5.82 Å². The largest absolute Gasteiger partial charge is 0.394 e. The van der Waals surface area contributed by atoms with Gasteiger partial charge in [0.2, 0.25) is 0 Å². The molecule has 0 aliphatic carbocycles. The Bertz CT molecular complexity index is 804. The van der Waals surface area contributed by atoms with E-state index in [0.29, 0.717) is 6.42 Å². The number of rotatable bonds is 6. The summed E-state index contributed by atoms with van der Waals surface area (Å²) in [6, 6.07) is 1.38. The summed E-state index contributed by atoms with van der Waals surface area (Å²) < 4.78 is 20.9. The fraction of sp³-hybridized carbons (Fsp3) is 0.750. The normalized spacial score (nSPS) is 27.6. The Kier molecular flexibility index (Phi) is 7.26. The quantitative estimate of drug-likeness (QED) is 0.585. The predicted octanol–water partition coefficient (Wildman–Crippen LogP) is 1.80. The zero-order valence-corrected chi connectivity index (χ0v) is 18.3. The first-order valence-electron chi connectivity index (χ1n) is 9.92. The van der Waals surface area contributed by atoms with E-state index in [1.807, 2.05) is 20.8 Å². The molecule has 1 aliphatic heterocycles. The number of aliphatic hydroxyl groups is 2. The molecule has 0 amide bonds. The first-order chi connectivity index (χ1) is 13.8. The highest BCUT2D eigenvalue weighted by Crippen LogP contribution is 2.35. The molecule has 0 radical (unpaired) electrons. The van der Waals surface area contributed by atoms with Crippen molar-refractivity contribution < 1.29 is 29.0 Å². The number of halogens is 1. The van der Waals surface area contributed by atoms with Crippen LogP contribution in [-0.4, -0.2) is 50.7 Å². The van der Waals surface area contributed by atoms with E-state index in [1.54, 1.807) is 13.8 Å². The molecular formula is C20H32FN3O6. The summed E-state index contributed by atoms with van der Waals surface area (Å²) in [5.41, 5.74) is 0.798. The Balaban J connectivity index is 2.10. The number of nitrogens with zero attached hydrogens (tertiary/aromatic N) is 2. The molecular weight excluding hydrogens is 397 g/mol. The monoisotopic (exact) mass is 429 g/mol. The van der Waals surface area contributed by atoms with Crippen molar-refractivity contribution in [2.45, 2.75) is 72.6 Å². The zero-order valence-electron chi connectivity index (χ0n) is 18.3. The van der Waals surface area contributed by atoms with Crippen molar-refractivity contribution in [1.29, 1.82) is 0 Å². The lowest BCUT2D eigenvalue weighted by Gasteiger charge is -2.40. The fourth-order valence-corrected chi connectivity index (χ4v) is 3.82. The zero-order chi connectivity index (χ0) is 22.9. The van der Waals surface area contributed by atoms with Crippen LogP contribution in [0.1, 0.15) is 54.2 Å². The van der Waals surface area contributed by atoms with Crippen molar-refractivity contribution in [2.75, 3.05) is 12.1 Å². The molecule has 30 heavy (non-hydrogen) atoms. The maximum atomic E-state index is 14.3. The molecule has 0 bridgehead atoms. The van der Waals surface area contributed by atoms with Gasteiger partial charge in [-0.3, -0.25) is 4.57 Å². The molecule has 2 rings (SSSR count). The van der Waals surface area contributed by atoms with E-state index in [2.05, 4.69) is 10.5 Å². The second-order valence-corrected chi connectivity index (χ2v) is 9.66. The van der Waals surface area contributed by atoms with Gasteiger partial charge in [-0.2, -0.15) is 4.98 Å². The molecule has 10 heteroatoms. The highest BCUT2D eigenvalue weighted by atomic mass is 19.1. The van der Waals surface area contributed by atoms with Gasteiger partial charge >= 0.3 is 11.7 Å². The van der Waals surface area contributed by atoms with Gasteiger partial charge in [-0.25, -0.2) is 19.5 Å². The van der Waals surface area contributed by atoms with Crippen LogP contribution in [0.15, 0.2) is 17.1 Å². The number of nitrogens with one attached hydrogen (secondary N) is 1. The van der Waals surface area contributed by atoms with Gasteiger partial charge in [0.25, 0.3) is 0 Å². The van der Waals surface area contributed by atoms with Crippen molar-refractivity contribution in [3.63, 3.8) is 0 Å². The first-order valence-corrected chi connectivity index (χ1v) is 9.92. The molecule has 170 valence electrons. The summed E-state index contributed by atoms with van der Waals surface area (Å²) >= 11 is 0. The fourth-order valence-electron chi connectivity index (χ4n) is 3.82. The van der Waals surface area contributed by atoms with Gasteiger partial charge in [-0.05, 0) is 25.7 Å². The van der Waals surface area contributed by atoms with E-state index in [4.69, 9.17) is 9.57 Å². The topological polar surface area (TPSA) is 123 Å². The molecule has 3 N–H and O–H groups in total. The van der Waals surface area contributed by atoms with Crippen LogP contribution in [0.3, 0.4) is 0 Å². The van der Waals surface area contributed by atoms with Gasteiger partial charge in [-0.1, -0.05) is 27.7 Å². The molecule has 1 fully saturated rings. The van der Waals surface area contributed by atoms with Gasteiger partial charge in [0.05, 0.1) is 12.0 Å². The number of anilines is 1. The van der Waals surface area contributed by atoms with E-state index >= 15 is 0 Å². The third-order valence-corrected chi connectivity index (χ3v) is 5.03. The van der Waals surface area contributed by atoms with Crippen molar-refractivity contribution in [2.24, 2.45) is 16.7 Å².